The Morgan fingerprint density at radius 1 is 1.14 bits per heavy atom. The van der Waals surface area contributed by atoms with Crippen molar-refractivity contribution < 1.29 is 0 Å². The number of aromatic nitrogens is 1. The van der Waals surface area contributed by atoms with E-state index >= 15 is 0 Å². The molecular weight excluding hydrogens is 260 g/mol. The maximum absolute atomic E-state index is 5.71. The minimum Gasteiger partial charge on any atom is -0.308 e. The van der Waals surface area contributed by atoms with E-state index in [0.717, 1.165) is 22.3 Å². The molecule has 1 aromatic heterocycles. The van der Waals surface area contributed by atoms with Crippen LogP contribution in [0, 0.1) is 0 Å². The fourth-order valence-electron chi connectivity index (χ4n) is 2.99. The highest BCUT2D eigenvalue weighted by molar-refractivity contribution is 6.01. The van der Waals surface area contributed by atoms with Crippen molar-refractivity contribution in [1.29, 1.82) is 0 Å². The molecule has 3 N–H and O–H groups in total. The first kappa shape index (κ1) is 14.0. The van der Waals surface area contributed by atoms with Gasteiger partial charge in [-0.3, -0.25) is 9.98 Å². The van der Waals surface area contributed by atoms with Gasteiger partial charge in [-0.05, 0) is 37.1 Å². The molecule has 2 aromatic rings. The van der Waals surface area contributed by atoms with Crippen LogP contribution in [0.25, 0.3) is 10.9 Å². The zero-order valence-electron chi connectivity index (χ0n) is 12.3. The summed E-state index contributed by atoms with van der Waals surface area (Å²) in [4.78, 5) is 9.20. The molecule has 1 heterocycles. The highest BCUT2D eigenvalue weighted by Gasteiger charge is 2.13. The monoisotopic (exact) mass is 282 g/mol. The average molecular weight is 282 g/mol. The topological polar surface area (TPSA) is 63.3 Å². The second kappa shape index (κ2) is 6.68. The Morgan fingerprint density at radius 3 is 2.71 bits per heavy atom. The van der Waals surface area contributed by atoms with Gasteiger partial charge in [-0.1, -0.05) is 31.7 Å². The molecule has 0 aliphatic heterocycles. The Kier molecular flexibility index (Phi) is 4.46. The summed E-state index contributed by atoms with van der Waals surface area (Å²) in [5, 5.41) is 1.11. The third-order valence-corrected chi connectivity index (χ3v) is 4.15. The lowest BCUT2D eigenvalue weighted by Crippen LogP contribution is -2.32. The summed E-state index contributed by atoms with van der Waals surface area (Å²) in [6, 6.07) is 10.5. The van der Waals surface area contributed by atoms with Gasteiger partial charge in [-0.25, -0.2) is 5.84 Å². The summed E-state index contributed by atoms with van der Waals surface area (Å²) < 4.78 is 0. The molecule has 0 bridgehead atoms. The number of nitrogens with two attached hydrogens (primary N) is 1. The SMILES string of the molecule is NNC(=NC1CCCCCC1)c1ccc2ncccc2c1. The van der Waals surface area contributed by atoms with Gasteiger partial charge in [0.25, 0.3) is 0 Å². The van der Waals surface area contributed by atoms with Crippen molar-refractivity contribution >= 4 is 16.7 Å². The predicted molar refractivity (Wildman–Crippen MR) is 87.1 cm³/mol. The molecule has 21 heavy (non-hydrogen) atoms. The quantitative estimate of drug-likeness (QED) is 0.292. The molecule has 3 rings (SSSR count). The fourth-order valence-corrected chi connectivity index (χ4v) is 2.99. The summed E-state index contributed by atoms with van der Waals surface area (Å²) in [7, 11) is 0. The normalized spacial score (nSPS) is 17.7. The zero-order valence-corrected chi connectivity index (χ0v) is 12.3. The first-order valence-corrected chi connectivity index (χ1v) is 7.76. The molecule has 1 aromatic carbocycles. The molecule has 0 amide bonds. The smallest absolute Gasteiger partial charge is 0.142 e. The van der Waals surface area contributed by atoms with Gasteiger partial charge in [0.1, 0.15) is 5.84 Å². The van der Waals surface area contributed by atoms with Crippen LogP contribution in [0.2, 0.25) is 0 Å². The Balaban J connectivity index is 1.89. The molecule has 0 radical (unpaired) electrons. The number of rotatable bonds is 2. The standard InChI is InChI=1S/C17H22N4/c18-21-17(20-15-7-3-1-2-4-8-15)14-9-10-16-13(12-14)6-5-11-19-16/h5-6,9-12,15H,1-4,7-8,18H2,(H,20,21). The fraction of sp³-hybridized carbons (Fsp3) is 0.412. The molecule has 0 unspecified atom stereocenters. The highest BCUT2D eigenvalue weighted by Crippen LogP contribution is 2.21. The number of benzene rings is 1. The Hall–Kier alpha value is -1.94. The molecular formula is C17H22N4. The van der Waals surface area contributed by atoms with Crippen molar-refractivity contribution in [2.75, 3.05) is 0 Å². The Morgan fingerprint density at radius 2 is 1.95 bits per heavy atom. The maximum atomic E-state index is 5.71. The van der Waals surface area contributed by atoms with Crippen LogP contribution in [0.4, 0.5) is 0 Å². The predicted octanol–water partition coefficient (Wildman–Crippen LogP) is 3.17. The molecule has 1 aliphatic rings. The lowest BCUT2D eigenvalue weighted by molar-refractivity contribution is 0.583. The third kappa shape index (κ3) is 3.39. The minimum absolute atomic E-state index is 0.392. The molecule has 1 fully saturated rings. The van der Waals surface area contributed by atoms with Crippen LogP contribution in [-0.4, -0.2) is 16.9 Å². The maximum Gasteiger partial charge on any atom is 0.142 e. The van der Waals surface area contributed by atoms with Crippen LogP contribution in [0.3, 0.4) is 0 Å². The van der Waals surface area contributed by atoms with Crippen LogP contribution in [0.5, 0.6) is 0 Å². The van der Waals surface area contributed by atoms with E-state index in [-0.39, 0.29) is 0 Å². The summed E-state index contributed by atoms with van der Waals surface area (Å²) >= 11 is 0. The van der Waals surface area contributed by atoms with Gasteiger partial charge in [0.05, 0.1) is 11.6 Å². The number of pyridine rings is 1. The van der Waals surface area contributed by atoms with Crippen LogP contribution >= 0.6 is 0 Å². The molecule has 110 valence electrons. The van der Waals surface area contributed by atoms with Gasteiger partial charge in [0.2, 0.25) is 0 Å². The van der Waals surface area contributed by atoms with Crippen molar-refractivity contribution in [1.82, 2.24) is 10.4 Å². The summed E-state index contributed by atoms with van der Waals surface area (Å²) in [5.74, 6) is 6.49. The number of aliphatic imine (C=N–C) groups is 1. The second-order valence-corrected chi connectivity index (χ2v) is 5.68. The van der Waals surface area contributed by atoms with Gasteiger partial charge in [-0.2, -0.15) is 0 Å². The third-order valence-electron chi connectivity index (χ3n) is 4.15. The molecule has 0 spiro atoms. The number of nitrogens with one attached hydrogen (secondary N) is 1. The minimum atomic E-state index is 0.392. The van der Waals surface area contributed by atoms with Gasteiger partial charge in [-0.15, -0.1) is 0 Å². The van der Waals surface area contributed by atoms with Crippen LogP contribution < -0.4 is 11.3 Å². The number of hydrazine groups is 1. The number of hydrogen-bond acceptors (Lipinski definition) is 3. The zero-order chi connectivity index (χ0) is 14.5. The van der Waals surface area contributed by atoms with Gasteiger partial charge in [0, 0.05) is 17.1 Å². The summed E-state index contributed by atoms with van der Waals surface area (Å²) in [6.45, 7) is 0. The van der Waals surface area contributed by atoms with Crippen LogP contribution in [0.1, 0.15) is 44.1 Å². The average Bonchev–Trinajstić information content (AvgIpc) is 2.81. The van der Waals surface area contributed by atoms with E-state index in [9.17, 15) is 0 Å². The van der Waals surface area contributed by atoms with E-state index < -0.39 is 0 Å². The van der Waals surface area contributed by atoms with Gasteiger partial charge >= 0.3 is 0 Å². The van der Waals surface area contributed by atoms with E-state index in [4.69, 9.17) is 10.8 Å². The number of hydrogen-bond donors (Lipinski definition) is 2. The summed E-state index contributed by atoms with van der Waals surface area (Å²) in [6.07, 6.45) is 9.35. The van der Waals surface area contributed by atoms with Crippen LogP contribution in [0.15, 0.2) is 41.5 Å². The number of nitrogens with zero attached hydrogens (tertiary/aromatic N) is 2. The van der Waals surface area contributed by atoms with Crippen LogP contribution in [-0.2, 0) is 0 Å². The van der Waals surface area contributed by atoms with E-state index in [1.807, 2.05) is 24.4 Å². The molecule has 0 atom stereocenters. The van der Waals surface area contributed by atoms with Crippen molar-refractivity contribution in [3.05, 3.63) is 42.1 Å². The molecule has 0 saturated heterocycles. The lowest BCUT2D eigenvalue weighted by atomic mass is 10.1. The highest BCUT2D eigenvalue weighted by atomic mass is 15.3. The summed E-state index contributed by atoms with van der Waals surface area (Å²) in [5.41, 5.74) is 4.80. The largest absolute Gasteiger partial charge is 0.308 e. The van der Waals surface area contributed by atoms with Gasteiger partial charge < -0.3 is 5.43 Å². The molecule has 1 saturated carbocycles. The van der Waals surface area contributed by atoms with Crippen molar-refractivity contribution in [2.45, 2.75) is 44.6 Å². The van der Waals surface area contributed by atoms with Crippen molar-refractivity contribution in [2.24, 2.45) is 10.8 Å². The first-order valence-electron chi connectivity index (χ1n) is 7.76. The number of amidine groups is 1. The molecule has 4 nitrogen and oxygen atoms in total. The molecule has 1 aliphatic carbocycles. The van der Waals surface area contributed by atoms with E-state index in [1.54, 1.807) is 0 Å². The number of fused-ring (bicyclic) bond motifs is 1. The van der Waals surface area contributed by atoms with Crippen molar-refractivity contribution in [3.63, 3.8) is 0 Å². The lowest BCUT2D eigenvalue weighted by Gasteiger charge is -2.13. The second-order valence-electron chi connectivity index (χ2n) is 5.68. The molecule has 4 heteroatoms. The van der Waals surface area contributed by atoms with E-state index in [0.29, 0.717) is 6.04 Å². The Bertz CT molecular complexity index is 627. The van der Waals surface area contributed by atoms with Crippen molar-refractivity contribution in [3.8, 4) is 0 Å². The van der Waals surface area contributed by atoms with E-state index in [1.165, 1.54) is 38.5 Å². The van der Waals surface area contributed by atoms with Gasteiger partial charge in [0.15, 0.2) is 0 Å². The van der Waals surface area contributed by atoms with E-state index in [2.05, 4.69) is 22.5 Å². The Labute approximate surface area is 125 Å². The first-order chi connectivity index (χ1) is 10.4.